The number of allylic oxidation sites excluding steroid dienone is 2. The molecule has 1 fully saturated rings. The first-order valence-electron chi connectivity index (χ1n) is 9.55. The highest BCUT2D eigenvalue weighted by atomic mass is 16.6. The zero-order valence-corrected chi connectivity index (χ0v) is 15.1. The van der Waals surface area contributed by atoms with Crippen molar-refractivity contribution < 1.29 is 24.8 Å². The second-order valence-electron chi connectivity index (χ2n) is 6.59. The monoisotopic (exact) mass is 344 g/mol. The van der Waals surface area contributed by atoms with Crippen LogP contribution in [-0.4, -0.2) is 59.6 Å². The Bertz CT molecular complexity index is 321. The van der Waals surface area contributed by atoms with Crippen molar-refractivity contribution in [1.82, 2.24) is 0 Å². The molecule has 0 spiro atoms. The van der Waals surface area contributed by atoms with Crippen molar-refractivity contribution in [2.45, 2.75) is 89.1 Å². The number of hydrogen-bond donors (Lipinski definition) is 3. The van der Waals surface area contributed by atoms with Crippen LogP contribution in [0.5, 0.6) is 0 Å². The van der Waals surface area contributed by atoms with Crippen molar-refractivity contribution in [3.63, 3.8) is 0 Å². The minimum Gasteiger partial charge on any atom is -0.394 e. The van der Waals surface area contributed by atoms with Gasteiger partial charge in [0.2, 0.25) is 0 Å². The summed E-state index contributed by atoms with van der Waals surface area (Å²) in [7, 11) is 0. The van der Waals surface area contributed by atoms with E-state index in [1.54, 1.807) is 0 Å². The van der Waals surface area contributed by atoms with Crippen LogP contribution in [0.3, 0.4) is 0 Å². The van der Waals surface area contributed by atoms with Gasteiger partial charge in [0.25, 0.3) is 0 Å². The van der Waals surface area contributed by atoms with Gasteiger partial charge in [-0.2, -0.15) is 0 Å². The summed E-state index contributed by atoms with van der Waals surface area (Å²) in [5.74, 6) is 0. The highest BCUT2D eigenvalue weighted by Crippen LogP contribution is 2.20. The third kappa shape index (κ3) is 8.58. The Balaban J connectivity index is 1.91. The van der Waals surface area contributed by atoms with E-state index in [1.807, 2.05) is 0 Å². The van der Waals surface area contributed by atoms with Gasteiger partial charge in [0.05, 0.1) is 13.2 Å². The molecule has 1 heterocycles. The van der Waals surface area contributed by atoms with Gasteiger partial charge in [-0.05, 0) is 25.7 Å². The fraction of sp³-hybridized carbons (Fsp3) is 0.895. The highest BCUT2D eigenvalue weighted by Gasteiger charge is 2.40. The summed E-state index contributed by atoms with van der Waals surface area (Å²) >= 11 is 0. The van der Waals surface area contributed by atoms with Gasteiger partial charge < -0.3 is 24.8 Å². The summed E-state index contributed by atoms with van der Waals surface area (Å²) < 4.78 is 10.9. The minimum absolute atomic E-state index is 0.273. The van der Waals surface area contributed by atoms with E-state index in [1.165, 1.54) is 38.5 Å². The molecule has 1 aliphatic rings. The Hall–Kier alpha value is -0.460. The molecule has 0 aromatic heterocycles. The lowest BCUT2D eigenvalue weighted by atomic mass is 10.1. The molecule has 3 N–H and O–H groups in total. The lowest BCUT2D eigenvalue weighted by Gasteiger charge is -2.20. The Morgan fingerprint density at radius 3 is 2.42 bits per heavy atom. The van der Waals surface area contributed by atoms with Gasteiger partial charge >= 0.3 is 0 Å². The van der Waals surface area contributed by atoms with Gasteiger partial charge in [-0.3, -0.25) is 0 Å². The van der Waals surface area contributed by atoms with Gasteiger partial charge in [-0.25, -0.2) is 0 Å². The molecule has 0 radical (unpaired) electrons. The molecular formula is C19H36O5. The van der Waals surface area contributed by atoms with Gasteiger partial charge in [-0.15, -0.1) is 0 Å². The Morgan fingerprint density at radius 1 is 1.08 bits per heavy atom. The smallest absolute Gasteiger partial charge is 0.114 e. The molecule has 1 rings (SSSR count). The van der Waals surface area contributed by atoms with Crippen LogP contribution in [0.25, 0.3) is 0 Å². The largest absolute Gasteiger partial charge is 0.394 e. The second kappa shape index (κ2) is 13.8. The first-order valence-corrected chi connectivity index (χ1v) is 9.55. The Labute approximate surface area is 146 Å². The Morgan fingerprint density at radius 2 is 1.75 bits per heavy atom. The SMILES string of the molecule is CC/C=C/CCCCCCCCCO[C@H]1CO[C@H]([C@H](O)CO)[C@@H]1O. The lowest BCUT2D eigenvalue weighted by Crippen LogP contribution is -2.41. The van der Waals surface area contributed by atoms with Crippen molar-refractivity contribution in [2.75, 3.05) is 19.8 Å². The van der Waals surface area contributed by atoms with Crippen molar-refractivity contribution in [2.24, 2.45) is 0 Å². The van der Waals surface area contributed by atoms with E-state index >= 15 is 0 Å². The van der Waals surface area contributed by atoms with Crippen molar-refractivity contribution in [1.29, 1.82) is 0 Å². The topological polar surface area (TPSA) is 79.2 Å². The van der Waals surface area contributed by atoms with Gasteiger partial charge in [-0.1, -0.05) is 51.2 Å². The normalized spacial score (nSPS) is 25.6. The van der Waals surface area contributed by atoms with Crippen LogP contribution in [0.1, 0.15) is 64.7 Å². The van der Waals surface area contributed by atoms with Crippen molar-refractivity contribution in [3.05, 3.63) is 12.2 Å². The van der Waals surface area contributed by atoms with Crippen LogP contribution in [0.15, 0.2) is 12.2 Å². The standard InChI is InChI=1S/C19H36O5/c1-2-3-4-5-6-7-8-9-10-11-12-13-23-17-15-24-19(18(17)22)16(21)14-20/h3-4,16-22H,2,5-15H2,1H3/b4-3+/t16-,17+,18-,19-/m1/s1. The molecular weight excluding hydrogens is 308 g/mol. The maximum atomic E-state index is 10.0. The third-order valence-electron chi connectivity index (χ3n) is 4.49. The molecule has 0 unspecified atom stereocenters. The molecule has 24 heavy (non-hydrogen) atoms. The van der Waals surface area contributed by atoms with Crippen LogP contribution in [0.4, 0.5) is 0 Å². The van der Waals surface area contributed by atoms with Gasteiger partial charge in [0.15, 0.2) is 0 Å². The zero-order valence-electron chi connectivity index (χ0n) is 15.1. The predicted molar refractivity (Wildman–Crippen MR) is 94.9 cm³/mol. The van der Waals surface area contributed by atoms with Gasteiger partial charge in [0, 0.05) is 6.61 Å². The van der Waals surface area contributed by atoms with E-state index in [0.717, 1.165) is 19.3 Å². The summed E-state index contributed by atoms with van der Waals surface area (Å²) in [6.07, 6.45) is 12.3. The van der Waals surface area contributed by atoms with Crippen LogP contribution in [0, 0.1) is 0 Å². The average molecular weight is 344 g/mol. The number of aliphatic hydroxyl groups excluding tert-OH is 3. The molecule has 0 aromatic carbocycles. The molecule has 5 nitrogen and oxygen atoms in total. The maximum absolute atomic E-state index is 10.0. The molecule has 4 atom stereocenters. The third-order valence-corrected chi connectivity index (χ3v) is 4.49. The first-order chi connectivity index (χ1) is 11.7. The van der Waals surface area contributed by atoms with E-state index in [2.05, 4.69) is 19.1 Å². The second-order valence-corrected chi connectivity index (χ2v) is 6.59. The van der Waals surface area contributed by atoms with E-state index in [9.17, 15) is 10.2 Å². The predicted octanol–water partition coefficient (Wildman–Crippen LogP) is 2.57. The van der Waals surface area contributed by atoms with Gasteiger partial charge in [0.1, 0.15) is 24.4 Å². The van der Waals surface area contributed by atoms with Crippen LogP contribution in [0.2, 0.25) is 0 Å². The number of rotatable bonds is 14. The molecule has 142 valence electrons. The number of unbranched alkanes of at least 4 members (excludes halogenated alkanes) is 7. The molecule has 0 amide bonds. The molecule has 1 aliphatic heterocycles. The fourth-order valence-electron chi connectivity index (χ4n) is 2.97. The van der Waals surface area contributed by atoms with Crippen LogP contribution < -0.4 is 0 Å². The quantitative estimate of drug-likeness (QED) is 0.333. The summed E-state index contributed by atoms with van der Waals surface area (Å²) in [5.41, 5.74) is 0. The maximum Gasteiger partial charge on any atom is 0.114 e. The molecule has 0 bridgehead atoms. The van der Waals surface area contributed by atoms with Crippen LogP contribution >= 0.6 is 0 Å². The number of ether oxygens (including phenoxy) is 2. The summed E-state index contributed by atoms with van der Waals surface area (Å²) in [5, 5.41) is 28.4. The van der Waals surface area contributed by atoms with E-state index in [-0.39, 0.29) is 6.61 Å². The zero-order chi connectivity index (χ0) is 17.6. The van der Waals surface area contributed by atoms with E-state index < -0.39 is 31.0 Å². The van der Waals surface area contributed by atoms with E-state index in [4.69, 9.17) is 14.6 Å². The first kappa shape index (κ1) is 21.6. The molecule has 0 saturated carbocycles. The molecule has 1 saturated heterocycles. The summed E-state index contributed by atoms with van der Waals surface area (Å²) in [4.78, 5) is 0. The van der Waals surface area contributed by atoms with Crippen molar-refractivity contribution in [3.8, 4) is 0 Å². The fourth-order valence-corrected chi connectivity index (χ4v) is 2.97. The minimum atomic E-state index is -1.05. The van der Waals surface area contributed by atoms with Crippen molar-refractivity contribution >= 4 is 0 Å². The average Bonchev–Trinajstić information content (AvgIpc) is 2.96. The number of hydrogen-bond acceptors (Lipinski definition) is 5. The summed E-state index contributed by atoms with van der Waals surface area (Å²) in [6.45, 7) is 2.63. The summed E-state index contributed by atoms with van der Waals surface area (Å²) in [6, 6.07) is 0. The van der Waals surface area contributed by atoms with E-state index in [0.29, 0.717) is 6.61 Å². The van der Waals surface area contributed by atoms with Crippen LogP contribution in [-0.2, 0) is 9.47 Å². The lowest BCUT2D eigenvalue weighted by molar-refractivity contribution is -0.0730. The molecule has 0 aliphatic carbocycles. The highest BCUT2D eigenvalue weighted by molar-refractivity contribution is 4.88. The Kier molecular flexibility index (Phi) is 12.4. The molecule has 5 heteroatoms. The number of aliphatic hydroxyl groups is 3. The molecule has 0 aromatic rings.